The van der Waals surface area contributed by atoms with Crippen LogP contribution in [0.1, 0.15) is 16.1 Å². The van der Waals surface area contributed by atoms with E-state index < -0.39 is 0 Å². The van der Waals surface area contributed by atoms with Crippen LogP contribution < -0.4 is 4.74 Å². The Morgan fingerprint density at radius 2 is 1.79 bits per heavy atom. The van der Waals surface area contributed by atoms with E-state index in [1.54, 1.807) is 0 Å². The zero-order valence-electron chi connectivity index (χ0n) is 14.8. The number of rotatable bonds is 5. The third-order valence-corrected chi connectivity index (χ3v) is 5.48. The van der Waals surface area contributed by atoms with Gasteiger partial charge in [0.15, 0.2) is 0 Å². The van der Waals surface area contributed by atoms with Gasteiger partial charge in [-0.2, -0.15) is 5.26 Å². The van der Waals surface area contributed by atoms with Crippen molar-refractivity contribution < 1.29 is 4.74 Å². The van der Waals surface area contributed by atoms with Gasteiger partial charge in [-0.05, 0) is 53.6 Å². The van der Waals surface area contributed by atoms with Crippen LogP contribution in [0.3, 0.4) is 0 Å². The number of nitriles is 1. The molecule has 0 aliphatic carbocycles. The Morgan fingerprint density at radius 1 is 1.04 bits per heavy atom. The van der Waals surface area contributed by atoms with Crippen LogP contribution in [-0.4, -0.2) is 4.98 Å². The third kappa shape index (κ3) is 4.23. The number of fused-ring (bicyclic) bond motifs is 1. The van der Waals surface area contributed by atoms with Crippen LogP contribution in [0.25, 0.3) is 21.9 Å². The molecule has 1 heterocycles. The molecule has 28 heavy (non-hydrogen) atoms. The van der Waals surface area contributed by atoms with E-state index in [0.29, 0.717) is 17.2 Å². The number of hydrogen-bond acceptors (Lipinski definition) is 4. The molecule has 0 atom stereocenters. The predicted octanol–water partition coefficient (Wildman–Crippen LogP) is 6.59. The van der Waals surface area contributed by atoms with E-state index in [1.165, 1.54) is 11.3 Å². The largest absolute Gasteiger partial charge is 0.489 e. The Morgan fingerprint density at radius 3 is 2.50 bits per heavy atom. The van der Waals surface area contributed by atoms with Gasteiger partial charge >= 0.3 is 0 Å². The van der Waals surface area contributed by atoms with Gasteiger partial charge in [0.1, 0.15) is 23.4 Å². The second kappa shape index (κ2) is 8.26. The molecular formula is C23H15ClN2OS. The summed E-state index contributed by atoms with van der Waals surface area (Å²) in [6.07, 6.45) is 1.85. The molecule has 0 fully saturated rings. The van der Waals surface area contributed by atoms with Gasteiger partial charge in [-0.25, -0.2) is 4.98 Å². The Bertz CT molecular complexity index is 1140. The number of aromatic nitrogens is 1. The molecule has 0 saturated heterocycles. The monoisotopic (exact) mass is 402 g/mol. The highest BCUT2D eigenvalue weighted by molar-refractivity contribution is 7.19. The second-order valence-electron chi connectivity index (χ2n) is 6.14. The zero-order valence-corrected chi connectivity index (χ0v) is 16.4. The minimum atomic E-state index is 0.474. The first-order chi connectivity index (χ1) is 13.7. The Balaban J connectivity index is 1.49. The van der Waals surface area contributed by atoms with Gasteiger partial charge in [0.05, 0.1) is 15.8 Å². The first-order valence-electron chi connectivity index (χ1n) is 8.66. The van der Waals surface area contributed by atoms with E-state index in [-0.39, 0.29) is 0 Å². The molecule has 0 spiro atoms. The average Bonchev–Trinajstić information content (AvgIpc) is 3.16. The lowest BCUT2D eigenvalue weighted by atomic mass is 10.1. The van der Waals surface area contributed by atoms with Gasteiger partial charge in [0, 0.05) is 5.02 Å². The molecule has 4 aromatic rings. The lowest BCUT2D eigenvalue weighted by Crippen LogP contribution is -1.94. The summed E-state index contributed by atoms with van der Waals surface area (Å²) in [6, 6.07) is 25.4. The molecule has 0 unspecified atom stereocenters. The molecule has 0 bridgehead atoms. The lowest BCUT2D eigenvalue weighted by Gasteiger charge is -2.06. The highest BCUT2D eigenvalue weighted by atomic mass is 35.5. The second-order valence-corrected chi connectivity index (χ2v) is 7.61. The highest BCUT2D eigenvalue weighted by Crippen LogP contribution is 2.28. The maximum Gasteiger partial charge on any atom is 0.135 e. The normalized spacial score (nSPS) is 11.4. The lowest BCUT2D eigenvalue weighted by molar-refractivity contribution is 0.306. The summed E-state index contributed by atoms with van der Waals surface area (Å²) < 4.78 is 6.88. The van der Waals surface area contributed by atoms with Crippen LogP contribution in [0.4, 0.5) is 0 Å². The van der Waals surface area contributed by atoms with Crippen LogP contribution >= 0.6 is 22.9 Å². The Labute approximate surface area is 172 Å². The van der Waals surface area contributed by atoms with Crippen molar-refractivity contribution in [3.63, 3.8) is 0 Å². The number of benzene rings is 3. The quantitative estimate of drug-likeness (QED) is 0.353. The minimum Gasteiger partial charge on any atom is -0.489 e. The van der Waals surface area contributed by atoms with Crippen molar-refractivity contribution >= 4 is 44.8 Å². The first kappa shape index (κ1) is 18.2. The summed E-state index contributed by atoms with van der Waals surface area (Å²) in [5, 5.41) is 11.0. The molecular weight excluding hydrogens is 388 g/mol. The topological polar surface area (TPSA) is 45.9 Å². The molecule has 0 saturated carbocycles. The van der Waals surface area contributed by atoms with E-state index in [0.717, 1.165) is 32.1 Å². The standard InChI is InChI=1S/C23H15ClN2OS/c24-19-9-5-17(6-10-19)15-27-20-11-7-16(8-12-20)13-18(14-25)23-26-21-3-1-2-4-22(21)28-23/h1-13H,15H2. The number of para-hydroxylation sites is 1. The van der Waals surface area contributed by atoms with Crippen molar-refractivity contribution in [2.24, 2.45) is 0 Å². The molecule has 136 valence electrons. The number of hydrogen-bond donors (Lipinski definition) is 0. The zero-order chi connectivity index (χ0) is 19.3. The predicted molar refractivity (Wildman–Crippen MR) is 115 cm³/mol. The SMILES string of the molecule is N#CC(=Cc1ccc(OCc2ccc(Cl)cc2)cc1)c1nc2ccccc2s1. The van der Waals surface area contributed by atoms with Gasteiger partial charge in [0.2, 0.25) is 0 Å². The Kier molecular flexibility index (Phi) is 5.38. The average molecular weight is 403 g/mol. The van der Waals surface area contributed by atoms with Crippen molar-refractivity contribution in [3.8, 4) is 11.8 Å². The first-order valence-corrected chi connectivity index (χ1v) is 9.86. The summed E-state index contributed by atoms with van der Waals surface area (Å²) in [5.74, 6) is 0.769. The maximum atomic E-state index is 9.56. The van der Waals surface area contributed by atoms with Crippen molar-refractivity contribution in [1.29, 1.82) is 5.26 Å². The minimum absolute atomic E-state index is 0.474. The molecule has 0 aliphatic heterocycles. The number of allylic oxidation sites excluding steroid dienone is 1. The van der Waals surface area contributed by atoms with Gasteiger partial charge in [-0.1, -0.05) is 48.0 Å². The molecule has 0 amide bonds. The smallest absolute Gasteiger partial charge is 0.135 e. The molecule has 0 N–H and O–H groups in total. The number of halogens is 1. The number of ether oxygens (including phenoxy) is 1. The summed E-state index contributed by atoms with van der Waals surface area (Å²) in [5.41, 5.74) is 3.44. The van der Waals surface area contributed by atoms with Crippen LogP contribution in [0.2, 0.25) is 5.02 Å². The molecule has 3 aromatic carbocycles. The van der Waals surface area contributed by atoms with Crippen molar-refractivity contribution in [3.05, 3.63) is 94.0 Å². The molecule has 4 rings (SSSR count). The van der Waals surface area contributed by atoms with E-state index in [2.05, 4.69) is 11.1 Å². The number of thiazole rings is 1. The molecule has 0 aliphatic rings. The fourth-order valence-electron chi connectivity index (χ4n) is 2.70. The van der Waals surface area contributed by atoms with E-state index in [4.69, 9.17) is 16.3 Å². The van der Waals surface area contributed by atoms with Gasteiger partial charge < -0.3 is 4.74 Å². The molecule has 5 heteroatoms. The van der Waals surface area contributed by atoms with Gasteiger partial charge in [0.25, 0.3) is 0 Å². The molecule has 3 nitrogen and oxygen atoms in total. The third-order valence-electron chi connectivity index (χ3n) is 4.15. The summed E-state index contributed by atoms with van der Waals surface area (Å²) in [4.78, 5) is 4.56. The molecule has 1 aromatic heterocycles. The highest BCUT2D eigenvalue weighted by Gasteiger charge is 2.08. The van der Waals surface area contributed by atoms with Crippen LogP contribution in [0.5, 0.6) is 5.75 Å². The fraction of sp³-hybridized carbons (Fsp3) is 0.0435. The fourth-order valence-corrected chi connectivity index (χ4v) is 3.76. The maximum absolute atomic E-state index is 9.56. The van der Waals surface area contributed by atoms with Gasteiger partial charge in [-0.15, -0.1) is 11.3 Å². The number of nitrogens with zero attached hydrogens (tertiary/aromatic N) is 2. The summed E-state index contributed by atoms with van der Waals surface area (Å²) in [6.45, 7) is 0.474. The van der Waals surface area contributed by atoms with E-state index in [9.17, 15) is 5.26 Å². The van der Waals surface area contributed by atoms with Crippen molar-refractivity contribution in [1.82, 2.24) is 4.98 Å². The van der Waals surface area contributed by atoms with E-state index in [1.807, 2.05) is 78.9 Å². The molecule has 0 radical (unpaired) electrons. The van der Waals surface area contributed by atoms with Crippen LogP contribution in [-0.2, 0) is 6.61 Å². The Hall–Kier alpha value is -3.13. The van der Waals surface area contributed by atoms with Crippen molar-refractivity contribution in [2.75, 3.05) is 0 Å². The van der Waals surface area contributed by atoms with Crippen LogP contribution in [0, 0.1) is 11.3 Å². The van der Waals surface area contributed by atoms with Crippen LogP contribution in [0.15, 0.2) is 72.8 Å². The van der Waals surface area contributed by atoms with E-state index >= 15 is 0 Å². The van der Waals surface area contributed by atoms with Gasteiger partial charge in [-0.3, -0.25) is 0 Å². The van der Waals surface area contributed by atoms with Crippen molar-refractivity contribution in [2.45, 2.75) is 6.61 Å². The summed E-state index contributed by atoms with van der Waals surface area (Å²) in [7, 11) is 0. The summed E-state index contributed by atoms with van der Waals surface area (Å²) >= 11 is 7.42.